The number of alkyl halides is 1. The first-order valence-corrected chi connectivity index (χ1v) is 6.71. The molecule has 0 amide bonds. The van der Waals surface area contributed by atoms with Crippen molar-refractivity contribution < 1.29 is 4.74 Å². The first-order chi connectivity index (χ1) is 9.31. The Kier molecular flexibility index (Phi) is 5.04. The van der Waals surface area contributed by atoms with E-state index in [9.17, 15) is 0 Å². The molecule has 2 aromatic rings. The third-order valence-corrected chi connectivity index (χ3v) is 3.20. The van der Waals surface area contributed by atoms with Gasteiger partial charge in [0.25, 0.3) is 0 Å². The van der Waals surface area contributed by atoms with Crippen LogP contribution in [0.25, 0.3) is 0 Å². The van der Waals surface area contributed by atoms with E-state index in [1.807, 2.05) is 30.3 Å². The van der Waals surface area contributed by atoms with Gasteiger partial charge in [-0.15, -0.1) is 11.6 Å². The van der Waals surface area contributed by atoms with Crippen molar-refractivity contribution in [3.8, 4) is 5.88 Å². The van der Waals surface area contributed by atoms with Gasteiger partial charge in [0, 0.05) is 29.9 Å². The quantitative estimate of drug-likeness (QED) is 0.822. The van der Waals surface area contributed by atoms with E-state index in [0.29, 0.717) is 11.8 Å². The molecule has 0 radical (unpaired) electrons. The number of aromatic nitrogens is 1. The highest BCUT2D eigenvalue weighted by Crippen LogP contribution is 2.16. The normalized spacial score (nSPS) is 11.9. The van der Waals surface area contributed by atoms with Gasteiger partial charge in [-0.3, -0.25) is 0 Å². The van der Waals surface area contributed by atoms with E-state index in [2.05, 4.69) is 22.4 Å². The Balaban J connectivity index is 2.02. The number of nitrogens with one attached hydrogen (secondary N) is 1. The predicted octanol–water partition coefficient (Wildman–Crippen LogP) is 3.35. The van der Waals surface area contributed by atoms with Crippen LogP contribution in [0.4, 0.5) is 5.69 Å². The molecule has 1 heterocycles. The van der Waals surface area contributed by atoms with Gasteiger partial charge < -0.3 is 10.1 Å². The van der Waals surface area contributed by atoms with Gasteiger partial charge in [0.2, 0.25) is 5.88 Å². The number of nitrogens with zero attached hydrogens (tertiary/aromatic N) is 1. The summed E-state index contributed by atoms with van der Waals surface area (Å²) in [6, 6.07) is 14.3. The molecule has 1 aromatic carbocycles. The number of hydrogen-bond acceptors (Lipinski definition) is 3. The van der Waals surface area contributed by atoms with E-state index in [-0.39, 0.29) is 6.04 Å². The first-order valence-electron chi connectivity index (χ1n) is 6.18. The number of halogens is 1. The van der Waals surface area contributed by atoms with Crippen LogP contribution in [-0.2, 0) is 6.42 Å². The molecule has 1 atom stereocenters. The zero-order chi connectivity index (χ0) is 13.5. The highest BCUT2D eigenvalue weighted by atomic mass is 35.5. The first kappa shape index (κ1) is 13.7. The largest absolute Gasteiger partial charge is 0.481 e. The average Bonchev–Trinajstić information content (AvgIpc) is 2.48. The monoisotopic (exact) mass is 276 g/mol. The minimum atomic E-state index is 0.177. The third-order valence-electron chi connectivity index (χ3n) is 2.83. The van der Waals surface area contributed by atoms with Crippen molar-refractivity contribution in [1.29, 1.82) is 0 Å². The lowest BCUT2D eigenvalue weighted by atomic mass is 10.1. The molecule has 1 N–H and O–H groups in total. The van der Waals surface area contributed by atoms with Crippen LogP contribution in [0.1, 0.15) is 5.56 Å². The number of hydrogen-bond donors (Lipinski definition) is 1. The van der Waals surface area contributed by atoms with Gasteiger partial charge in [-0.1, -0.05) is 30.3 Å². The summed E-state index contributed by atoms with van der Waals surface area (Å²) in [6.07, 6.45) is 2.60. The van der Waals surface area contributed by atoms with Crippen LogP contribution >= 0.6 is 11.6 Å². The number of rotatable bonds is 6. The number of benzene rings is 1. The van der Waals surface area contributed by atoms with Crippen LogP contribution in [0.5, 0.6) is 5.88 Å². The number of anilines is 1. The van der Waals surface area contributed by atoms with E-state index in [4.69, 9.17) is 16.3 Å². The van der Waals surface area contributed by atoms with Crippen molar-refractivity contribution >= 4 is 17.3 Å². The molecule has 0 saturated carbocycles. The fraction of sp³-hybridized carbons (Fsp3) is 0.267. The van der Waals surface area contributed by atoms with Crippen molar-refractivity contribution in [3.05, 3.63) is 54.2 Å². The summed E-state index contributed by atoms with van der Waals surface area (Å²) in [7, 11) is 1.61. The van der Waals surface area contributed by atoms with E-state index in [1.165, 1.54) is 5.56 Å². The zero-order valence-corrected chi connectivity index (χ0v) is 11.6. The van der Waals surface area contributed by atoms with Gasteiger partial charge in [-0.25, -0.2) is 4.98 Å². The number of pyridine rings is 1. The van der Waals surface area contributed by atoms with E-state index in [0.717, 1.165) is 12.1 Å². The average molecular weight is 277 g/mol. The van der Waals surface area contributed by atoms with Crippen LogP contribution < -0.4 is 10.1 Å². The fourth-order valence-electron chi connectivity index (χ4n) is 1.89. The van der Waals surface area contributed by atoms with Crippen molar-refractivity contribution in [1.82, 2.24) is 4.98 Å². The summed E-state index contributed by atoms with van der Waals surface area (Å²) in [5, 5.41) is 3.40. The molecule has 100 valence electrons. The molecular formula is C15H17ClN2O. The second kappa shape index (κ2) is 7.00. The number of methoxy groups -OCH3 is 1. The summed E-state index contributed by atoms with van der Waals surface area (Å²) in [5.41, 5.74) is 2.23. The lowest BCUT2D eigenvalue weighted by molar-refractivity contribution is 0.398. The third kappa shape index (κ3) is 4.14. The molecule has 1 aromatic heterocycles. The molecule has 1 unspecified atom stereocenters. The molecule has 2 rings (SSSR count). The Morgan fingerprint density at radius 2 is 2.05 bits per heavy atom. The summed E-state index contributed by atoms with van der Waals surface area (Å²) in [5.74, 6) is 1.14. The highest BCUT2D eigenvalue weighted by molar-refractivity contribution is 6.18. The summed E-state index contributed by atoms with van der Waals surface area (Å²) in [6.45, 7) is 0. The second-order valence-corrected chi connectivity index (χ2v) is 4.58. The predicted molar refractivity (Wildman–Crippen MR) is 79.1 cm³/mol. The van der Waals surface area contributed by atoms with E-state index in [1.54, 1.807) is 13.3 Å². The maximum atomic E-state index is 6.03. The highest BCUT2D eigenvalue weighted by Gasteiger charge is 2.08. The Hall–Kier alpha value is -1.74. The van der Waals surface area contributed by atoms with Gasteiger partial charge in [0.05, 0.1) is 7.11 Å². The van der Waals surface area contributed by atoms with Crippen LogP contribution in [0, 0.1) is 0 Å². The minimum absolute atomic E-state index is 0.177. The van der Waals surface area contributed by atoms with Crippen LogP contribution in [0.15, 0.2) is 48.7 Å². The molecule has 3 nitrogen and oxygen atoms in total. The van der Waals surface area contributed by atoms with E-state index < -0.39 is 0 Å². The minimum Gasteiger partial charge on any atom is -0.481 e. The molecule has 0 saturated heterocycles. The maximum Gasteiger partial charge on any atom is 0.214 e. The topological polar surface area (TPSA) is 34.1 Å². The molecule has 19 heavy (non-hydrogen) atoms. The van der Waals surface area contributed by atoms with Gasteiger partial charge in [-0.2, -0.15) is 0 Å². The SMILES string of the molecule is COc1cc(NC(CCl)Cc2ccccc2)ccn1. The van der Waals surface area contributed by atoms with E-state index >= 15 is 0 Å². The van der Waals surface area contributed by atoms with Crippen LogP contribution in [0.2, 0.25) is 0 Å². The van der Waals surface area contributed by atoms with Crippen molar-refractivity contribution in [2.45, 2.75) is 12.5 Å². The van der Waals surface area contributed by atoms with Crippen molar-refractivity contribution in [2.24, 2.45) is 0 Å². The molecule has 0 spiro atoms. The standard InChI is InChI=1S/C15H17ClN2O/c1-19-15-10-13(7-8-17-15)18-14(11-16)9-12-5-3-2-4-6-12/h2-8,10,14H,9,11H2,1H3,(H,17,18). The Bertz CT molecular complexity index is 505. The molecule has 0 aliphatic carbocycles. The smallest absolute Gasteiger partial charge is 0.214 e. The molecule has 0 bridgehead atoms. The molecule has 0 aliphatic rings. The van der Waals surface area contributed by atoms with Gasteiger partial charge >= 0.3 is 0 Å². The number of ether oxygens (including phenoxy) is 1. The zero-order valence-electron chi connectivity index (χ0n) is 10.8. The molecule has 0 aliphatic heterocycles. The van der Waals surface area contributed by atoms with Gasteiger partial charge in [0.15, 0.2) is 0 Å². The van der Waals surface area contributed by atoms with Gasteiger partial charge in [-0.05, 0) is 18.1 Å². The van der Waals surface area contributed by atoms with Crippen molar-refractivity contribution in [3.63, 3.8) is 0 Å². The van der Waals surface area contributed by atoms with Crippen LogP contribution in [-0.4, -0.2) is 24.0 Å². The summed E-state index contributed by atoms with van der Waals surface area (Å²) in [4.78, 5) is 4.08. The second-order valence-electron chi connectivity index (χ2n) is 4.27. The summed E-state index contributed by atoms with van der Waals surface area (Å²) >= 11 is 6.03. The Labute approximate surface area is 118 Å². The lowest BCUT2D eigenvalue weighted by Crippen LogP contribution is -2.24. The molecule has 4 heteroatoms. The molecular weight excluding hydrogens is 260 g/mol. The van der Waals surface area contributed by atoms with Gasteiger partial charge in [0.1, 0.15) is 0 Å². The summed E-state index contributed by atoms with van der Waals surface area (Å²) < 4.78 is 5.10. The fourth-order valence-corrected chi connectivity index (χ4v) is 2.08. The van der Waals surface area contributed by atoms with Crippen LogP contribution in [0.3, 0.4) is 0 Å². The molecule has 0 fully saturated rings. The Morgan fingerprint density at radius 1 is 1.26 bits per heavy atom. The maximum absolute atomic E-state index is 6.03. The Morgan fingerprint density at radius 3 is 2.74 bits per heavy atom. The lowest BCUT2D eigenvalue weighted by Gasteiger charge is -2.17. The van der Waals surface area contributed by atoms with Crippen molar-refractivity contribution in [2.75, 3.05) is 18.3 Å².